The Bertz CT molecular complexity index is 1500. The highest BCUT2D eigenvalue weighted by molar-refractivity contribution is 6.31. The lowest BCUT2D eigenvalue weighted by atomic mass is 9.90. The van der Waals surface area contributed by atoms with Crippen LogP contribution in [0.2, 0.25) is 5.02 Å². The van der Waals surface area contributed by atoms with Gasteiger partial charge in [-0.15, -0.1) is 0 Å². The van der Waals surface area contributed by atoms with Crippen LogP contribution in [0.3, 0.4) is 0 Å². The van der Waals surface area contributed by atoms with E-state index in [1.807, 2.05) is 66.9 Å². The van der Waals surface area contributed by atoms with Crippen LogP contribution in [0.25, 0.3) is 21.7 Å². The first kappa shape index (κ1) is 20.1. The first-order valence-electron chi connectivity index (χ1n) is 10.3. The van der Waals surface area contributed by atoms with Crippen molar-refractivity contribution in [3.8, 4) is 0 Å². The molecule has 2 heterocycles. The van der Waals surface area contributed by atoms with Crippen LogP contribution >= 0.6 is 11.6 Å². The van der Waals surface area contributed by atoms with Gasteiger partial charge in [-0.1, -0.05) is 66.2 Å². The van der Waals surface area contributed by atoms with E-state index in [9.17, 15) is 9.59 Å². The van der Waals surface area contributed by atoms with Crippen molar-refractivity contribution in [2.45, 2.75) is 5.92 Å². The number of carbonyl (C=O) groups excluding carboxylic acids is 1. The molecule has 1 atom stereocenters. The number of benzene rings is 3. The van der Waals surface area contributed by atoms with Crippen LogP contribution < -0.4 is 10.9 Å². The molecular weight excluding hydrogens is 422 g/mol. The molecule has 5 aromatic rings. The largest absolute Gasteiger partial charge is 0.361 e. The number of aromatic amines is 2. The first-order chi connectivity index (χ1) is 15.6. The predicted octanol–water partition coefficient (Wildman–Crippen LogP) is 5.22. The minimum Gasteiger partial charge on any atom is -0.361 e. The summed E-state index contributed by atoms with van der Waals surface area (Å²) in [5.74, 6) is -0.513. The predicted molar refractivity (Wildman–Crippen MR) is 128 cm³/mol. The maximum absolute atomic E-state index is 13.0. The summed E-state index contributed by atoms with van der Waals surface area (Å²) in [7, 11) is 0. The topological polar surface area (TPSA) is 77.8 Å². The van der Waals surface area contributed by atoms with Gasteiger partial charge in [-0.25, -0.2) is 0 Å². The molecule has 32 heavy (non-hydrogen) atoms. The summed E-state index contributed by atoms with van der Waals surface area (Å²) in [6, 6.07) is 24.6. The van der Waals surface area contributed by atoms with Crippen molar-refractivity contribution in [3.05, 3.63) is 117 Å². The molecule has 0 aliphatic carbocycles. The molecule has 1 amide bonds. The Morgan fingerprint density at radius 2 is 1.62 bits per heavy atom. The van der Waals surface area contributed by atoms with E-state index in [2.05, 4.69) is 15.3 Å². The third-order valence-corrected chi connectivity index (χ3v) is 6.09. The molecule has 1 unspecified atom stereocenters. The second kappa shape index (κ2) is 8.36. The van der Waals surface area contributed by atoms with Crippen molar-refractivity contribution in [3.63, 3.8) is 0 Å². The highest BCUT2D eigenvalue weighted by atomic mass is 35.5. The monoisotopic (exact) mass is 441 g/mol. The van der Waals surface area contributed by atoms with E-state index >= 15 is 0 Å². The smallest absolute Gasteiger partial charge is 0.267 e. The van der Waals surface area contributed by atoms with Crippen molar-refractivity contribution in [1.82, 2.24) is 15.3 Å². The second-order valence-corrected chi connectivity index (χ2v) is 8.08. The Morgan fingerprint density at radius 3 is 2.47 bits per heavy atom. The SMILES string of the molecule is O=C(NCC(c1ccccc1Cl)c1c[nH]c2ccccc12)c1cc2ccccc2c(=O)[nH]1. The fraction of sp³-hybridized carbons (Fsp3) is 0.0769. The minimum absolute atomic E-state index is 0.170. The van der Waals surface area contributed by atoms with E-state index < -0.39 is 0 Å². The number of para-hydroxylation sites is 1. The molecule has 0 saturated carbocycles. The molecule has 0 bridgehead atoms. The van der Waals surface area contributed by atoms with Gasteiger partial charge in [0.05, 0.1) is 0 Å². The molecule has 0 saturated heterocycles. The summed E-state index contributed by atoms with van der Waals surface area (Å²) >= 11 is 6.54. The second-order valence-electron chi connectivity index (χ2n) is 7.67. The molecule has 0 fully saturated rings. The number of fused-ring (bicyclic) bond motifs is 2. The van der Waals surface area contributed by atoms with E-state index in [0.717, 1.165) is 27.4 Å². The van der Waals surface area contributed by atoms with Crippen LogP contribution in [0, 0.1) is 0 Å². The number of rotatable bonds is 5. The molecule has 3 aromatic carbocycles. The van der Waals surface area contributed by atoms with Crippen molar-refractivity contribution < 1.29 is 4.79 Å². The fourth-order valence-corrected chi connectivity index (χ4v) is 4.42. The zero-order valence-corrected chi connectivity index (χ0v) is 17.8. The van der Waals surface area contributed by atoms with Crippen molar-refractivity contribution in [1.29, 1.82) is 0 Å². The summed E-state index contributed by atoms with van der Waals surface area (Å²) in [6.07, 6.45) is 1.96. The number of hydrogen-bond acceptors (Lipinski definition) is 2. The lowest BCUT2D eigenvalue weighted by Gasteiger charge is -2.19. The van der Waals surface area contributed by atoms with Gasteiger partial charge in [-0.2, -0.15) is 0 Å². The third-order valence-electron chi connectivity index (χ3n) is 5.74. The summed E-state index contributed by atoms with van der Waals surface area (Å²) in [4.78, 5) is 31.3. The van der Waals surface area contributed by atoms with Gasteiger partial charge in [0.2, 0.25) is 0 Å². The van der Waals surface area contributed by atoms with Crippen molar-refractivity contribution in [2.75, 3.05) is 6.54 Å². The molecule has 6 heteroatoms. The van der Waals surface area contributed by atoms with Gasteiger partial charge in [0.25, 0.3) is 11.5 Å². The van der Waals surface area contributed by atoms with Gasteiger partial charge < -0.3 is 15.3 Å². The van der Waals surface area contributed by atoms with E-state index in [1.165, 1.54) is 0 Å². The van der Waals surface area contributed by atoms with Crippen molar-refractivity contribution in [2.24, 2.45) is 0 Å². The van der Waals surface area contributed by atoms with Crippen LogP contribution in [0.15, 0.2) is 89.9 Å². The molecule has 0 aliphatic rings. The molecule has 5 rings (SSSR count). The van der Waals surface area contributed by atoms with Crippen LogP contribution in [-0.4, -0.2) is 22.4 Å². The Morgan fingerprint density at radius 1 is 0.906 bits per heavy atom. The average molecular weight is 442 g/mol. The molecule has 3 N–H and O–H groups in total. The molecule has 2 aromatic heterocycles. The maximum Gasteiger partial charge on any atom is 0.267 e. The summed E-state index contributed by atoms with van der Waals surface area (Å²) in [5, 5.41) is 5.97. The van der Waals surface area contributed by atoms with Crippen LogP contribution in [0.5, 0.6) is 0 Å². The molecule has 0 radical (unpaired) electrons. The highest BCUT2D eigenvalue weighted by Crippen LogP contribution is 2.34. The average Bonchev–Trinajstić information content (AvgIpc) is 3.24. The molecule has 158 valence electrons. The van der Waals surface area contributed by atoms with Crippen LogP contribution in [0.1, 0.15) is 27.5 Å². The molecule has 5 nitrogen and oxygen atoms in total. The zero-order valence-electron chi connectivity index (χ0n) is 17.1. The maximum atomic E-state index is 13.0. The van der Waals surface area contributed by atoms with Gasteiger partial charge in [0, 0.05) is 40.0 Å². The highest BCUT2D eigenvalue weighted by Gasteiger charge is 2.21. The van der Waals surface area contributed by atoms with Gasteiger partial charge in [-0.3, -0.25) is 9.59 Å². The number of aromatic nitrogens is 2. The standard InChI is InChI=1S/C26H20ClN3O2/c27-22-11-5-3-9-18(22)20(21-14-28-23-12-6-4-10-19(21)23)15-29-26(32)24-13-16-7-1-2-8-17(16)25(31)30-24/h1-14,20,28H,15H2,(H,29,32)(H,30,31). The number of hydrogen-bond donors (Lipinski definition) is 3. The third kappa shape index (κ3) is 3.67. The Kier molecular flexibility index (Phi) is 5.25. The number of halogens is 1. The Hall–Kier alpha value is -3.83. The normalized spacial score (nSPS) is 12.2. The summed E-state index contributed by atoms with van der Waals surface area (Å²) in [6.45, 7) is 0.319. The summed E-state index contributed by atoms with van der Waals surface area (Å²) in [5.41, 5.74) is 2.93. The molecule has 0 spiro atoms. The van der Waals surface area contributed by atoms with E-state index in [0.29, 0.717) is 17.0 Å². The first-order valence-corrected chi connectivity index (χ1v) is 10.7. The lowest BCUT2D eigenvalue weighted by Crippen LogP contribution is -2.30. The van der Waals surface area contributed by atoms with E-state index in [4.69, 9.17) is 11.6 Å². The Labute approximate surface area is 189 Å². The van der Waals surface area contributed by atoms with E-state index in [1.54, 1.807) is 18.2 Å². The Balaban J connectivity index is 1.49. The van der Waals surface area contributed by atoms with Gasteiger partial charge in [0.15, 0.2) is 0 Å². The number of H-pyrrole nitrogens is 2. The number of amides is 1. The molecular formula is C26H20ClN3O2. The minimum atomic E-state index is -0.343. The number of pyridine rings is 1. The van der Waals surface area contributed by atoms with Crippen LogP contribution in [-0.2, 0) is 0 Å². The van der Waals surface area contributed by atoms with Gasteiger partial charge in [-0.05, 0) is 40.8 Å². The number of nitrogens with one attached hydrogen (secondary N) is 3. The quantitative estimate of drug-likeness (QED) is 0.349. The number of carbonyl (C=O) groups is 1. The van der Waals surface area contributed by atoms with Gasteiger partial charge in [0.1, 0.15) is 5.69 Å². The van der Waals surface area contributed by atoms with E-state index in [-0.39, 0.29) is 23.1 Å². The summed E-state index contributed by atoms with van der Waals surface area (Å²) < 4.78 is 0. The lowest BCUT2D eigenvalue weighted by molar-refractivity contribution is 0.0947. The van der Waals surface area contributed by atoms with Crippen molar-refractivity contribution >= 4 is 39.2 Å². The fourth-order valence-electron chi connectivity index (χ4n) is 4.15. The molecule has 0 aliphatic heterocycles. The van der Waals surface area contributed by atoms with Gasteiger partial charge >= 0.3 is 0 Å². The zero-order chi connectivity index (χ0) is 22.1. The van der Waals surface area contributed by atoms with Crippen LogP contribution in [0.4, 0.5) is 0 Å².